The minimum absolute atomic E-state index is 0.0485. The Morgan fingerprint density at radius 2 is 1.94 bits per heavy atom. The van der Waals surface area contributed by atoms with Gasteiger partial charge in [0.2, 0.25) is 5.95 Å². The van der Waals surface area contributed by atoms with E-state index in [1.165, 1.54) is 37.1 Å². The molecule has 0 fully saturated rings. The fraction of sp³-hybridized carbons (Fsp3) is 0.136. The van der Waals surface area contributed by atoms with Gasteiger partial charge in [-0.2, -0.15) is 23.4 Å². The van der Waals surface area contributed by atoms with Crippen LogP contribution in [0.15, 0.2) is 41.7 Å². The number of aromatic nitrogens is 6. The molecule has 0 radical (unpaired) electrons. The predicted molar refractivity (Wildman–Crippen MR) is 119 cm³/mol. The molecule has 0 saturated heterocycles. The van der Waals surface area contributed by atoms with Gasteiger partial charge in [0.25, 0.3) is 5.56 Å². The van der Waals surface area contributed by atoms with E-state index in [9.17, 15) is 27.6 Å². The summed E-state index contributed by atoms with van der Waals surface area (Å²) < 4.78 is 62.2. The topological polar surface area (TPSA) is 126 Å². The van der Waals surface area contributed by atoms with Gasteiger partial charge in [-0.05, 0) is 12.1 Å². The maximum absolute atomic E-state index is 14.8. The number of fused-ring (bicyclic) bond motifs is 2. The first kappa shape index (κ1) is 22.8. The van der Waals surface area contributed by atoms with Crippen LogP contribution in [0.3, 0.4) is 0 Å². The normalized spacial score (nSPS) is 11.7. The van der Waals surface area contributed by atoms with E-state index >= 15 is 0 Å². The van der Waals surface area contributed by atoms with Crippen LogP contribution in [-0.2, 0) is 20.3 Å². The first-order chi connectivity index (χ1) is 17.1. The second kappa shape index (κ2) is 8.08. The van der Waals surface area contributed by atoms with Crippen LogP contribution in [0.25, 0.3) is 22.2 Å². The molecule has 0 amide bonds. The fourth-order valence-corrected chi connectivity index (χ4v) is 3.68. The summed E-state index contributed by atoms with van der Waals surface area (Å²) in [4.78, 5) is 27.6. The number of pyridine rings is 3. The molecule has 5 heterocycles. The predicted octanol–water partition coefficient (Wildman–Crippen LogP) is 4.11. The molecule has 0 bridgehead atoms. The zero-order valence-electron chi connectivity index (χ0n) is 18.5. The van der Waals surface area contributed by atoms with Crippen LogP contribution in [-0.4, -0.2) is 29.1 Å². The lowest BCUT2D eigenvalue weighted by atomic mass is 10.2. The molecular weight excluding hydrogens is 484 g/mol. The Morgan fingerprint density at radius 1 is 1.19 bits per heavy atom. The van der Waals surface area contributed by atoms with Crippen molar-refractivity contribution < 1.29 is 22.3 Å². The van der Waals surface area contributed by atoms with Gasteiger partial charge in [0.1, 0.15) is 28.5 Å². The first-order valence-electron chi connectivity index (χ1n) is 10.2. The summed E-state index contributed by atoms with van der Waals surface area (Å²) in [6.07, 6.45) is -0.161. The van der Waals surface area contributed by atoms with Crippen LogP contribution in [0.1, 0.15) is 11.1 Å². The molecule has 0 aliphatic carbocycles. The molecule has 36 heavy (non-hydrogen) atoms. The first-order valence-corrected chi connectivity index (χ1v) is 10.2. The molecule has 0 spiro atoms. The number of nitrogens with zero attached hydrogens (tertiary/aromatic N) is 6. The number of aryl methyl sites for hydroxylation is 2. The summed E-state index contributed by atoms with van der Waals surface area (Å²) in [5.74, 6) is -1.08. The third-order valence-corrected chi connectivity index (χ3v) is 5.44. The molecule has 14 heteroatoms. The molecule has 0 saturated carbocycles. The number of aromatic amines is 1. The van der Waals surface area contributed by atoms with Gasteiger partial charge in [0.15, 0.2) is 23.0 Å². The van der Waals surface area contributed by atoms with Crippen molar-refractivity contribution in [2.45, 2.75) is 6.18 Å². The van der Waals surface area contributed by atoms with Crippen molar-refractivity contribution in [3.8, 4) is 17.6 Å². The number of H-pyrrole nitrogens is 1. The van der Waals surface area contributed by atoms with Gasteiger partial charge < -0.3 is 24.2 Å². The average Bonchev–Trinajstić information content (AvgIpc) is 3.43. The van der Waals surface area contributed by atoms with Gasteiger partial charge in [-0.3, -0.25) is 4.79 Å². The lowest BCUT2D eigenvalue weighted by molar-refractivity contribution is -0.138. The molecule has 5 rings (SSSR count). The smallest absolute Gasteiger partial charge is 0.417 e. The van der Waals surface area contributed by atoms with E-state index in [1.54, 1.807) is 0 Å². The standard InChI is InChI=1S/C22H14F4N8O2/c1-33-9-10(22(24,25)26)5-13(20(33)35)31-21-32-19-17(34(21)2)12(6-27)14(7-30-19)36-15-8-29-18-11(16(15)23)3-4-28-18/h3-5,7-9H,1-2H3,(H,28,29)(H,30,31,32). The zero-order chi connectivity index (χ0) is 25.8. The summed E-state index contributed by atoms with van der Waals surface area (Å²) in [7, 11) is 2.66. The van der Waals surface area contributed by atoms with Crippen molar-refractivity contribution in [1.29, 1.82) is 5.26 Å². The van der Waals surface area contributed by atoms with E-state index in [0.29, 0.717) is 17.9 Å². The van der Waals surface area contributed by atoms with E-state index in [-0.39, 0.29) is 45.2 Å². The maximum atomic E-state index is 14.8. The number of anilines is 2. The Balaban J connectivity index is 1.58. The SMILES string of the molecule is Cn1cc(C(F)(F)F)cc(Nc2nc3ncc(Oc4cnc5[nH]ccc5c4F)c(C#N)c3n2C)c1=O. The van der Waals surface area contributed by atoms with Crippen molar-refractivity contribution in [2.24, 2.45) is 14.1 Å². The van der Waals surface area contributed by atoms with Gasteiger partial charge in [-0.1, -0.05) is 0 Å². The van der Waals surface area contributed by atoms with Crippen molar-refractivity contribution in [3.05, 3.63) is 64.2 Å². The average molecular weight is 498 g/mol. The highest BCUT2D eigenvalue weighted by atomic mass is 19.4. The summed E-state index contributed by atoms with van der Waals surface area (Å²) in [6.45, 7) is 0. The Labute approximate surface area is 198 Å². The molecule has 5 aromatic rings. The van der Waals surface area contributed by atoms with Crippen molar-refractivity contribution in [3.63, 3.8) is 0 Å². The number of hydrogen-bond acceptors (Lipinski definition) is 7. The number of ether oxygens (including phenoxy) is 1. The van der Waals surface area contributed by atoms with E-state index in [0.717, 1.165) is 10.8 Å². The monoisotopic (exact) mass is 498 g/mol. The quantitative estimate of drug-likeness (QED) is 0.357. The van der Waals surface area contributed by atoms with Gasteiger partial charge >= 0.3 is 6.18 Å². The van der Waals surface area contributed by atoms with E-state index < -0.39 is 23.1 Å². The molecule has 5 aromatic heterocycles. The number of rotatable bonds is 4. The molecule has 0 unspecified atom stereocenters. The van der Waals surface area contributed by atoms with Gasteiger partial charge in [0.05, 0.1) is 23.3 Å². The highest BCUT2D eigenvalue weighted by Crippen LogP contribution is 2.34. The highest BCUT2D eigenvalue weighted by molar-refractivity contribution is 5.84. The Kier molecular flexibility index (Phi) is 5.13. The fourth-order valence-electron chi connectivity index (χ4n) is 3.68. The van der Waals surface area contributed by atoms with Crippen LogP contribution >= 0.6 is 0 Å². The van der Waals surface area contributed by atoms with Gasteiger partial charge in [-0.25, -0.2) is 14.4 Å². The van der Waals surface area contributed by atoms with Crippen molar-refractivity contribution in [1.82, 2.24) is 29.1 Å². The van der Waals surface area contributed by atoms with Crippen molar-refractivity contribution in [2.75, 3.05) is 5.32 Å². The molecule has 0 aliphatic rings. The van der Waals surface area contributed by atoms with Crippen LogP contribution in [0.2, 0.25) is 0 Å². The van der Waals surface area contributed by atoms with E-state index in [4.69, 9.17) is 4.74 Å². The van der Waals surface area contributed by atoms with Gasteiger partial charge in [0, 0.05) is 26.5 Å². The third-order valence-electron chi connectivity index (χ3n) is 5.44. The van der Waals surface area contributed by atoms with Gasteiger partial charge in [-0.15, -0.1) is 0 Å². The van der Waals surface area contributed by atoms with Crippen molar-refractivity contribution >= 4 is 33.8 Å². The second-order valence-electron chi connectivity index (χ2n) is 7.74. The molecule has 10 nitrogen and oxygen atoms in total. The van der Waals surface area contributed by atoms with Crippen LogP contribution in [0.5, 0.6) is 11.5 Å². The van der Waals surface area contributed by atoms with Crippen LogP contribution in [0, 0.1) is 17.1 Å². The lowest BCUT2D eigenvalue weighted by Crippen LogP contribution is -2.23. The number of hydrogen-bond donors (Lipinski definition) is 2. The van der Waals surface area contributed by atoms with E-state index in [1.807, 2.05) is 6.07 Å². The summed E-state index contributed by atoms with van der Waals surface area (Å²) in [5.41, 5.74) is -1.69. The molecule has 0 aromatic carbocycles. The number of nitriles is 1. The molecule has 0 aliphatic heterocycles. The molecule has 182 valence electrons. The molecule has 0 atom stereocenters. The maximum Gasteiger partial charge on any atom is 0.417 e. The zero-order valence-corrected chi connectivity index (χ0v) is 18.5. The summed E-state index contributed by atoms with van der Waals surface area (Å²) >= 11 is 0. The largest absolute Gasteiger partial charge is 0.450 e. The number of imidazole rings is 1. The number of nitrogens with one attached hydrogen (secondary N) is 2. The Morgan fingerprint density at radius 3 is 2.67 bits per heavy atom. The summed E-state index contributed by atoms with van der Waals surface area (Å²) in [5, 5.41) is 12.6. The minimum Gasteiger partial charge on any atom is -0.450 e. The van der Waals surface area contributed by atoms with Crippen LogP contribution < -0.4 is 15.6 Å². The summed E-state index contributed by atoms with van der Waals surface area (Å²) in [6, 6.07) is 4.11. The van der Waals surface area contributed by atoms with E-state index in [2.05, 4.69) is 25.3 Å². The molecular formula is C22H14F4N8O2. The lowest BCUT2D eigenvalue weighted by Gasteiger charge is -2.12. The Hall–Kier alpha value is -4.93. The Bertz CT molecular complexity index is 1760. The van der Waals surface area contributed by atoms with Crippen LogP contribution in [0.4, 0.5) is 29.2 Å². The second-order valence-corrected chi connectivity index (χ2v) is 7.74. The third kappa shape index (κ3) is 3.66. The molecule has 2 N–H and O–H groups in total. The minimum atomic E-state index is -4.68. The number of alkyl halides is 3. The highest BCUT2D eigenvalue weighted by Gasteiger charge is 2.32. The number of halogens is 4.